The van der Waals surface area contributed by atoms with E-state index in [4.69, 9.17) is 9.47 Å². The van der Waals surface area contributed by atoms with E-state index in [1.807, 2.05) is 23.1 Å². The van der Waals surface area contributed by atoms with Crippen molar-refractivity contribution < 1.29 is 24.2 Å². The molecule has 1 N–H and O–H groups in total. The van der Waals surface area contributed by atoms with E-state index in [1.165, 1.54) is 0 Å². The summed E-state index contributed by atoms with van der Waals surface area (Å²) in [6.07, 6.45) is 7.06. The molecule has 2 aliphatic rings. The third kappa shape index (κ3) is 6.53. The molecule has 202 valence electrons. The number of aliphatic carboxylic acids is 1. The maximum Gasteiger partial charge on any atom is 0.308 e. The van der Waals surface area contributed by atoms with E-state index in [-0.39, 0.29) is 36.6 Å². The minimum absolute atomic E-state index is 0.115. The monoisotopic (exact) mass is 502 g/mol. The molecule has 1 aromatic rings. The van der Waals surface area contributed by atoms with Gasteiger partial charge in [-0.25, -0.2) is 0 Å². The van der Waals surface area contributed by atoms with Gasteiger partial charge in [0.15, 0.2) is 11.5 Å². The molecule has 0 aromatic heterocycles. The first-order chi connectivity index (χ1) is 17.2. The van der Waals surface area contributed by atoms with Crippen molar-refractivity contribution >= 4 is 11.9 Å². The SMILES string of the molecule is CCCCN(CCCC)C(=O)CN1C[C@@H](c2ccc3c(c2)OCO3)[C@H](C(=O)O)[C@H]1C(C)(C)CCCC. The highest BCUT2D eigenvalue weighted by molar-refractivity contribution is 5.79. The topological polar surface area (TPSA) is 79.3 Å². The Hall–Kier alpha value is -2.28. The maximum atomic E-state index is 13.6. The van der Waals surface area contributed by atoms with E-state index in [0.29, 0.717) is 18.0 Å². The largest absolute Gasteiger partial charge is 0.481 e. The van der Waals surface area contributed by atoms with Gasteiger partial charge in [0.25, 0.3) is 0 Å². The van der Waals surface area contributed by atoms with Gasteiger partial charge in [-0.2, -0.15) is 0 Å². The van der Waals surface area contributed by atoms with Crippen molar-refractivity contribution in [3.63, 3.8) is 0 Å². The molecule has 3 rings (SSSR count). The summed E-state index contributed by atoms with van der Waals surface area (Å²) in [6.45, 7) is 13.3. The number of likely N-dealkylation sites (tertiary alicyclic amines) is 1. The quantitative estimate of drug-likeness (QED) is 0.360. The molecule has 0 aliphatic carbocycles. The zero-order chi connectivity index (χ0) is 26.3. The van der Waals surface area contributed by atoms with Gasteiger partial charge < -0.3 is 19.5 Å². The Bertz CT molecular complexity index is 878. The van der Waals surface area contributed by atoms with Gasteiger partial charge >= 0.3 is 5.97 Å². The summed E-state index contributed by atoms with van der Waals surface area (Å²) < 4.78 is 11.1. The summed E-state index contributed by atoms with van der Waals surface area (Å²) in [6, 6.07) is 5.53. The van der Waals surface area contributed by atoms with Crippen LogP contribution in [0.2, 0.25) is 0 Å². The maximum absolute atomic E-state index is 13.6. The van der Waals surface area contributed by atoms with E-state index in [1.54, 1.807) is 0 Å². The summed E-state index contributed by atoms with van der Waals surface area (Å²) in [5.74, 6) is -0.156. The minimum Gasteiger partial charge on any atom is -0.481 e. The second-order valence-electron chi connectivity index (χ2n) is 11.1. The average Bonchev–Trinajstić information content (AvgIpc) is 3.47. The first-order valence-electron chi connectivity index (χ1n) is 13.9. The van der Waals surface area contributed by atoms with Crippen LogP contribution in [0, 0.1) is 11.3 Å². The van der Waals surface area contributed by atoms with Gasteiger partial charge in [-0.1, -0.05) is 66.4 Å². The van der Waals surface area contributed by atoms with Gasteiger partial charge in [0.1, 0.15) is 0 Å². The van der Waals surface area contributed by atoms with Gasteiger partial charge in [-0.3, -0.25) is 14.5 Å². The highest BCUT2D eigenvalue weighted by Crippen LogP contribution is 2.48. The van der Waals surface area contributed by atoms with Crippen LogP contribution in [0.5, 0.6) is 11.5 Å². The molecular weight excluding hydrogens is 456 g/mol. The van der Waals surface area contributed by atoms with Crippen LogP contribution >= 0.6 is 0 Å². The second-order valence-corrected chi connectivity index (χ2v) is 11.1. The minimum atomic E-state index is -0.795. The number of carbonyl (C=O) groups is 2. The molecule has 0 spiro atoms. The average molecular weight is 503 g/mol. The number of hydrogen-bond donors (Lipinski definition) is 1. The molecule has 7 nitrogen and oxygen atoms in total. The van der Waals surface area contributed by atoms with Crippen LogP contribution in [0.4, 0.5) is 0 Å². The predicted octanol–water partition coefficient (Wildman–Crippen LogP) is 5.53. The first-order valence-corrected chi connectivity index (χ1v) is 13.9. The molecule has 1 saturated heterocycles. The van der Waals surface area contributed by atoms with Crippen LogP contribution in [0.25, 0.3) is 0 Å². The van der Waals surface area contributed by atoms with Gasteiger partial charge in [0.05, 0.1) is 12.5 Å². The van der Waals surface area contributed by atoms with E-state index in [0.717, 1.165) is 63.6 Å². The molecule has 36 heavy (non-hydrogen) atoms. The summed E-state index contributed by atoms with van der Waals surface area (Å²) in [4.78, 5) is 30.6. The fraction of sp³-hybridized carbons (Fsp3) is 0.724. The third-order valence-corrected chi connectivity index (χ3v) is 7.94. The Balaban J connectivity index is 1.93. The van der Waals surface area contributed by atoms with Crippen molar-refractivity contribution in [2.75, 3.05) is 33.0 Å². The molecule has 7 heteroatoms. The number of rotatable bonds is 14. The predicted molar refractivity (Wildman–Crippen MR) is 141 cm³/mol. The molecule has 0 bridgehead atoms. The number of fused-ring (bicyclic) bond motifs is 1. The molecule has 0 radical (unpaired) electrons. The second kappa shape index (κ2) is 12.8. The van der Waals surface area contributed by atoms with Crippen LogP contribution in [0.15, 0.2) is 18.2 Å². The van der Waals surface area contributed by atoms with Crippen LogP contribution in [-0.4, -0.2) is 65.8 Å². The Morgan fingerprint density at radius 3 is 2.28 bits per heavy atom. The Morgan fingerprint density at radius 1 is 1.03 bits per heavy atom. The first kappa shape index (κ1) is 28.3. The number of carboxylic acid groups (broad SMARTS) is 1. The van der Waals surface area contributed by atoms with E-state index in [9.17, 15) is 14.7 Å². The van der Waals surface area contributed by atoms with E-state index < -0.39 is 11.9 Å². The van der Waals surface area contributed by atoms with Crippen molar-refractivity contribution in [1.29, 1.82) is 0 Å². The summed E-state index contributed by atoms with van der Waals surface area (Å²) >= 11 is 0. The Labute approximate surface area is 217 Å². The fourth-order valence-corrected chi connectivity index (χ4v) is 5.95. The molecule has 2 aliphatic heterocycles. The summed E-state index contributed by atoms with van der Waals surface area (Å²) in [5.41, 5.74) is 0.689. The fourth-order valence-electron chi connectivity index (χ4n) is 5.95. The van der Waals surface area contributed by atoms with Gasteiger partial charge in [-0.05, 0) is 42.4 Å². The van der Waals surface area contributed by atoms with Crippen LogP contribution in [0.1, 0.15) is 91.0 Å². The number of carbonyl (C=O) groups excluding carboxylic acids is 1. The lowest BCUT2D eigenvalue weighted by molar-refractivity contribution is -0.145. The lowest BCUT2D eigenvalue weighted by atomic mass is 9.71. The Kier molecular flexibility index (Phi) is 10.1. The van der Waals surface area contributed by atoms with Crippen LogP contribution in [0.3, 0.4) is 0 Å². The molecule has 2 heterocycles. The zero-order valence-electron chi connectivity index (χ0n) is 22.9. The number of nitrogens with zero attached hydrogens (tertiary/aromatic N) is 2. The van der Waals surface area contributed by atoms with Crippen molar-refractivity contribution in [3.05, 3.63) is 23.8 Å². The van der Waals surface area contributed by atoms with E-state index in [2.05, 4.69) is 39.5 Å². The smallest absolute Gasteiger partial charge is 0.308 e. The molecule has 1 amide bonds. The lowest BCUT2D eigenvalue weighted by Gasteiger charge is -2.40. The van der Waals surface area contributed by atoms with Crippen molar-refractivity contribution in [2.24, 2.45) is 11.3 Å². The summed E-state index contributed by atoms with van der Waals surface area (Å²) in [5, 5.41) is 10.5. The van der Waals surface area contributed by atoms with Crippen molar-refractivity contribution in [3.8, 4) is 11.5 Å². The highest BCUT2D eigenvalue weighted by atomic mass is 16.7. The number of carboxylic acids is 1. The van der Waals surface area contributed by atoms with Crippen molar-refractivity contribution in [2.45, 2.75) is 91.5 Å². The molecular formula is C29H46N2O5. The standard InChI is InChI=1S/C29H46N2O5/c1-6-9-14-29(4,5)27-26(28(33)34)22(21-12-13-23-24(17-21)36-20-35-23)18-31(27)19-25(32)30(15-10-7-2)16-11-8-3/h12-13,17,22,26-27H,6-11,14-16,18-20H2,1-5H3,(H,33,34)/t22-,26-,27-/m0/s1. The van der Waals surface area contributed by atoms with Crippen LogP contribution < -0.4 is 9.47 Å². The number of unbranched alkanes of at least 4 members (excludes halogenated alkanes) is 3. The lowest BCUT2D eigenvalue weighted by Crippen LogP contribution is -2.50. The van der Waals surface area contributed by atoms with Gasteiger partial charge in [-0.15, -0.1) is 0 Å². The van der Waals surface area contributed by atoms with Gasteiger partial charge in [0.2, 0.25) is 12.7 Å². The molecule has 3 atom stereocenters. The number of hydrogen-bond acceptors (Lipinski definition) is 5. The molecule has 0 saturated carbocycles. The summed E-state index contributed by atoms with van der Waals surface area (Å²) in [7, 11) is 0. The molecule has 1 aromatic carbocycles. The van der Waals surface area contributed by atoms with Gasteiger partial charge in [0, 0.05) is 31.6 Å². The van der Waals surface area contributed by atoms with Crippen LogP contribution in [-0.2, 0) is 9.59 Å². The third-order valence-electron chi connectivity index (χ3n) is 7.94. The van der Waals surface area contributed by atoms with Crippen molar-refractivity contribution in [1.82, 2.24) is 9.80 Å². The van der Waals surface area contributed by atoms with E-state index >= 15 is 0 Å². The zero-order valence-corrected chi connectivity index (χ0v) is 22.9. The molecule has 0 unspecified atom stereocenters. The highest BCUT2D eigenvalue weighted by Gasteiger charge is 2.52. The Morgan fingerprint density at radius 2 is 1.67 bits per heavy atom. The number of ether oxygens (including phenoxy) is 2. The number of benzene rings is 1. The number of amides is 1. The molecule has 1 fully saturated rings. The normalized spacial score (nSPS) is 21.6.